The molecule has 1 aromatic heterocycles. The number of pyridine rings is 1. The van der Waals surface area contributed by atoms with E-state index in [2.05, 4.69) is 10.3 Å². The quantitative estimate of drug-likeness (QED) is 0.777. The van der Waals surface area contributed by atoms with Crippen molar-refractivity contribution >= 4 is 29.0 Å². The van der Waals surface area contributed by atoms with Crippen molar-refractivity contribution in [2.24, 2.45) is 0 Å². The first-order chi connectivity index (χ1) is 5.24. The van der Waals surface area contributed by atoms with Crippen molar-refractivity contribution in [3.05, 3.63) is 22.3 Å². The van der Waals surface area contributed by atoms with Crippen molar-refractivity contribution in [2.45, 2.75) is 6.92 Å². The average Bonchev–Trinajstić information content (AvgIpc) is 1.95. The molecule has 0 aliphatic carbocycles. The molecule has 0 amide bonds. The average molecular weight is 191 g/mol. The Morgan fingerprint density at radius 3 is 2.82 bits per heavy atom. The van der Waals surface area contributed by atoms with Gasteiger partial charge in [0, 0.05) is 12.7 Å². The molecule has 60 valence electrons. The van der Waals surface area contributed by atoms with E-state index in [0.717, 1.165) is 6.54 Å². The number of hydrogen-bond donors (Lipinski definition) is 1. The number of nitrogens with one attached hydrogen (secondary N) is 1. The predicted octanol–water partition coefficient (Wildman–Crippen LogP) is 2.82. The van der Waals surface area contributed by atoms with Crippen LogP contribution in [0.4, 0.5) is 5.82 Å². The Hall–Kier alpha value is -0.470. The molecule has 0 fully saturated rings. The van der Waals surface area contributed by atoms with Crippen molar-refractivity contribution < 1.29 is 0 Å². The molecule has 0 unspecified atom stereocenters. The molecule has 4 heteroatoms. The van der Waals surface area contributed by atoms with Crippen LogP contribution < -0.4 is 5.32 Å². The molecule has 0 saturated carbocycles. The minimum Gasteiger partial charge on any atom is -0.369 e. The fourth-order valence-electron chi connectivity index (χ4n) is 0.712. The number of hydrogen-bond acceptors (Lipinski definition) is 2. The molecule has 0 aliphatic heterocycles. The van der Waals surface area contributed by atoms with E-state index in [1.165, 1.54) is 0 Å². The fraction of sp³-hybridized carbons (Fsp3) is 0.286. The third-order valence-corrected chi connectivity index (χ3v) is 1.65. The highest BCUT2D eigenvalue weighted by Gasteiger charge is 1.99. The monoisotopic (exact) mass is 190 g/mol. The normalized spacial score (nSPS) is 9.73. The molecule has 0 spiro atoms. The lowest BCUT2D eigenvalue weighted by molar-refractivity contribution is 1.16. The molecule has 11 heavy (non-hydrogen) atoms. The van der Waals surface area contributed by atoms with E-state index in [4.69, 9.17) is 23.2 Å². The standard InChI is InChI=1S/C7H8Cl2N2/c1-2-10-7-6(9)3-5(8)4-11-7/h3-4H,2H2,1H3,(H,10,11). The van der Waals surface area contributed by atoms with E-state index in [1.54, 1.807) is 12.3 Å². The summed E-state index contributed by atoms with van der Waals surface area (Å²) < 4.78 is 0. The molecular formula is C7H8Cl2N2. The first kappa shape index (κ1) is 8.62. The number of halogens is 2. The van der Waals surface area contributed by atoms with Gasteiger partial charge in [-0.1, -0.05) is 23.2 Å². The Morgan fingerprint density at radius 1 is 1.55 bits per heavy atom. The van der Waals surface area contributed by atoms with Crippen LogP contribution in [0, 0.1) is 0 Å². The minimum atomic E-state index is 0.552. The highest BCUT2D eigenvalue weighted by atomic mass is 35.5. The van der Waals surface area contributed by atoms with Crippen LogP contribution in [0.5, 0.6) is 0 Å². The first-order valence-corrected chi connectivity index (χ1v) is 4.04. The van der Waals surface area contributed by atoms with Gasteiger partial charge in [0.05, 0.1) is 10.0 Å². The number of aromatic nitrogens is 1. The number of nitrogens with zero attached hydrogens (tertiary/aromatic N) is 1. The zero-order chi connectivity index (χ0) is 8.27. The lowest BCUT2D eigenvalue weighted by atomic mass is 10.4. The maximum absolute atomic E-state index is 5.80. The summed E-state index contributed by atoms with van der Waals surface area (Å²) in [5.41, 5.74) is 0. The van der Waals surface area contributed by atoms with Gasteiger partial charge in [-0.05, 0) is 13.0 Å². The molecule has 0 saturated heterocycles. The van der Waals surface area contributed by atoms with Gasteiger partial charge in [-0.2, -0.15) is 0 Å². The van der Waals surface area contributed by atoms with Gasteiger partial charge < -0.3 is 5.32 Å². The zero-order valence-electron chi connectivity index (χ0n) is 6.06. The fourth-order valence-corrected chi connectivity index (χ4v) is 1.16. The van der Waals surface area contributed by atoms with Crippen molar-refractivity contribution in [1.82, 2.24) is 4.98 Å². The summed E-state index contributed by atoms with van der Waals surface area (Å²) >= 11 is 11.4. The molecule has 1 rings (SSSR count). The van der Waals surface area contributed by atoms with Crippen LogP contribution >= 0.6 is 23.2 Å². The van der Waals surface area contributed by atoms with Crippen LogP contribution in [0.1, 0.15) is 6.92 Å². The van der Waals surface area contributed by atoms with E-state index in [1.807, 2.05) is 6.92 Å². The highest BCUT2D eigenvalue weighted by molar-refractivity contribution is 6.35. The predicted molar refractivity (Wildman–Crippen MR) is 48.4 cm³/mol. The first-order valence-electron chi connectivity index (χ1n) is 3.29. The third kappa shape index (κ3) is 2.24. The zero-order valence-corrected chi connectivity index (χ0v) is 7.58. The van der Waals surface area contributed by atoms with Gasteiger partial charge in [0.2, 0.25) is 0 Å². The summed E-state index contributed by atoms with van der Waals surface area (Å²) in [6, 6.07) is 1.66. The molecule has 0 bridgehead atoms. The van der Waals surface area contributed by atoms with Gasteiger partial charge in [0.1, 0.15) is 5.82 Å². The van der Waals surface area contributed by atoms with E-state index in [9.17, 15) is 0 Å². The second-order valence-electron chi connectivity index (χ2n) is 2.01. The van der Waals surface area contributed by atoms with Gasteiger partial charge in [-0.25, -0.2) is 4.98 Å². The van der Waals surface area contributed by atoms with E-state index >= 15 is 0 Å². The third-order valence-electron chi connectivity index (χ3n) is 1.15. The molecule has 2 nitrogen and oxygen atoms in total. The molecule has 0 aliphatic rings. The maximum Gasteiger partial charge on any atom is 0.144 e. The maximum atomic E-state index is 5.80. The molecular weight excluding hydrogens is 183 g/mol. The molecule has 1 N–H and O–H groups in total. The van der Waals surface area contributed by atoms with Crippen LogP contribution in [-0.2, 0) is 0 Å². The summed E-state index contributed by atoms with van der Waals surface area (Å²) in [5, 5.41) is 4.11. The molecule has 0 radical (unpaired) electrons. The minimum absolute atomic E-state index is 0.552. The van der Waals surface area contributed by atoms with Crippen molar-refractivity contribution in [3.8, 4) is 0 Å². The van der Waals surface area contributed by atoms with Crippen molar-refractivity contribution in [2.75, 3.05) is 11.9 Å². The highest BCUT2D eigenvalue weighted by Crippen LogP contribution is 2.21. The molecule has 1 heterocycles. The lowest BCUT2D eigenvalue weighted by Crippen LogP contribution is -1.99. The van der Waals surface area contributed by atoms with Gasteiger partial charge in [0.15, 0.2) is 0 Å². The lowest BCUT2D eigenvalue weighted by Gasteiger charge is -2.03. The van der Waals surface area contributed by atoms with E-state index < -0.39 is 0 Å². The van der Waals surface area contributed by atoms with Gasteiger partial charge in [-0.15, -0.1) is 0 Å². The van der Waals surface area contributed by atoms with Crippen molar-refractivity contribution in [3.63, 3.8) is 0 Å². The Morgan fingerprint density at radius 2 is 2.27 bits per heavy atom. The van der Waals surface area contributed by atoms with Crippen LogP contribution in [-0.4, -0.2) is 11.5 Å². The van der Waals surface area contributed by atoms with Crippen molar-refractivity contribution in [1.29, 1.82) is 0 Å². The summed E-state index contributed by atoms with van der Waals surface area (Å²) in [6.45, 7) is 2.78. The molecule has 0 aromatic carbocycles. The molecule has 0 atom stereocenters. The second-order valence-corrected chi connectivity index (χ2v) is 2.86. The second kappa shape index (κ2) is 3.79. The Labute approximate surface area is 75.5 Å². The summed E-state index contributed by atoms with van der Waals surface area (Å²) in [7, 11) is 0. The SMILES string of the molecule is CCNc1ncc(Cl)cc1Cl. The van der Waals surface area contributed by atoms with Gasteiger partial charge in [-0.3, -0.25) is 0 Å². The van der Waals surface area contributed by atoms with Crippen LogP contribution in [0.25, 0.3) is 0 Å². The topological polar surface area (TPSA) is 24.9 Å². The largest absolute Gasteiger partial charge is 0.369 e. The Balaban J connectivity index is 2.90. The summed E-state index contributed by atoms with van der Waals surface area (Å²) in [4.78, 5) is 3.99. The van der Waals surface area contributed by atoms with E-state index in [-0.39, 0.29) is 0 Å². The van der Waals surface area contributed by atoms with Gasteiger partial charge >= 0.3 is 0 Å². The number of anilines is 1. The van der Waals surface area contributed by atoms with Crippen LogP contribution in [0.2, 0.25) is 10.0 Å². The Kier molecular flexibility index (Phi) is 2.97. The smallest absolute Gasteiger partial charge is 0.144 e. The van der Waals surface area contributed by atoms with Crippen LogP contribution in [0.15, 0.2) is 12.3 Å². The van der Waals surface area contributed by atoms with Gasteiger partial charge in [0.25, 0.3) is 0 Å². The van der Waals surface area contributed by atoms with E-state index in [0.29, 0.717) is 15.9 Å². The summed E-state index contributed by atoms with van der Waals surface area (Å²) in [6.07, 6.45) is 1.56. The summed E-state index contributed by atoms with van der Waals surface area (Å²) in [5.74, 6) is 0.679. The molecule has 1 aromatic rings. The Bertz CT molecular complexity index is 250. The van der Waals surface area contributed by atoms with Crippen LogP contribution in [0.3, 0.4) is 0 Å². The number of rotatable bonds is 2.